The Bertz CT molecular complexity index is 742. The summed E-state index contributed by atoms with van der Waals surface area (Å²) in [6, 6.07) is 5.52. The van der Waals surface area contributed by atoms with Crippen LogP contribution in [0, 0.1) is 12.8 Å². The molecular weight excluding hydrogens is 336 g/mol. The van der Waals surface area contributed by atoms with Crippen LogP contribution < -0.4 is 16.4 Å². The number of nitrogens with zero attached hydrogens (tertiary/aromatic N) is 1. The molecule has 2 aromatic rings. The number of nitrogens with one attached hydrogen (secondary N) is 2. The highest BCUT2D eigenvalue weighted by Crippen LogP contribution is 2.26. The van der Waals surface area contributed by atoms with Gasteiger partial charge in [0.15, 0.2) is 5.13 Å². The van der Waals surface area contributed by atoms with E-state index in [1.54, 1.807) is 0 Å². The number of aromatic nitrogens is 1. The van der Waals surface area contributed by atoms with E-state index in [1.165, 1.54) is 16.9 Å². The molecule has 0 spiro atoms. The van der Waals surface area contributed by atoms with E-state index < -0.39 is 6.04 Å². The van der Waals surface area contributed by atoms with Crippen LogP contribution in [0.2, 0.25) is 0 Å². The minimum absolute atomic E-state index is 0.100. The quantitative estimate of drug-likeness (QED) is 0.629. The number of thiazole rings is 1. The molecule has 0 aliphatic carbocycles. The lowest BCUT2D eigenvalue weighted by Gasteiger charge is -2.13. The van der Waals surface area contributed by atoms with Gasteiger partial charge in [0.2, 0.25) is 11.8 Å². The Hall–Kier alpha value is -1.99. The Morgan fingerprint density at radius 1 is 1.32 bits per heavy atom. The van der Waals surface area contributed by atoms with Crippen LogP contribution in [0.5, 0.6) is 0 Å². The maximum Gasteiger partial charge on any atom is 0.236 e. The van der Waals surface area contributed by atoms with Gasteiger partial charge in [0.1, 0.15) is 0 Å². The summed E-state index contributed by atoms with van der Waals surface area (Å²) in [5, 5.41) is 6.20. The smallest absolute Gasteiger partial charge is 0.236 e. The first-order valence-electron chi connectivity index (χ1n) is 8.55. The number of hydrogen-bond donors (Lipinski definition) is 3. The fraction of sp³-hybridized carbons (Fsp3) is 0.500. The van der Waals surface area contributed by atoms with Crippen molar-refractivity contribution >= 4 is 38.5 Å². The van der Waals surface area contributed by atoms with E-state index in [9.17, 15) is 9.59 Å². The van der Waals surface area contributed by atoms with Crippen LogP contribution in [0.15, 0.2) is 18.2 Å². The zero-order valence-corrected chi connectivity index (χ0v) is 15.8. The molecule has 0 bridgehead atoms. The molecule has 1 aromatic heterocycles. The third kappa shape index (κ3) is 6.10. The maximum absolute atomic E-state index is 12.0. The largest absolute Gasteiger partial charge is 0.355 e. The molecule has 0 radical (unpaired) electrons. The number of anilines is 1. The number of rotatable bonds is 8. The molecule has 136 valence electrons. The molecule has 2 rings (SSSR count). The maximum atomic E-state index is 12.0. The molecule has 6 nitrogen and oxygen atoms in total. The lowest BCUT2D eigenvalue weighted by Crippen LogP contribution is -2.41. The van der Waals surface area contributed by atoms with Crippen LogP contribution >= 0.6 is 11.3 Å². The van der Waals surface area contributed by atoms with Gasteiger partial charge in [0.05, 0.1) is 16.3 Å². The highest BCUT2D eigenvalue weighted by atomic mass is 32.1. The van der Waals surface area contributed by atoms with E-state index >= 15 is 0 Å². The first-order valence-corrected chi connectivity index (χ1v) is 9.37. The normalized spacial score (nSPS) is 12.4. The Kier molecular flexibility index (Phi) is 6.90. The van der Waals surface area contributed by atoms with Crippen molar-refractivity contribution in [2.75, 3.05) is 11.9 Å². The monoisotopic (exact) mass is 362 g/mol. The van der Waals surface area contributed by atoms with Gasteiger partial charge in [-0.1, -0.05) is 31.3 Å². The minimum Gasteiger partial charge on any atom is -0.355 e. The van der Waals surface area contributed by atoms with Crippen LogP contribution in [0.1, 0.15) is 38.7 Å². The molecule has 0 saturated carbocycles. The third-order valence-electron chi connectivity index (χ3n) is 3.73. The van der Waals surface area contributed by atoms with Crippen LogP contribution in [0.3, 0.4) is 0 Å². The van der Waals surface area contributed by atoms with Crippen molar-refractivity contribution in [3.63, 3.8) is 0 Å². The predicted octanol–water partition coefficient (Wildman–Crippen LogP) is 2.81. The summed E-state index contributed by atoms with van der Waals surface area (Å²) in [4.78, 5) is 28.2. The van der Waals surface area contributed by atoms with Gasteiger partial charge in [-0.15, -0.1) is 0 Å². The number of carbonyl (C=O) groups excluding carboxylic acids is 2. The lowest BCUT2D eigenvalue weighted by molar-refractivity contribution is -0.123. The Balaban J connectivity index is 1.72. The fourth-order valence-corrected chi connectivity index (χ4v) is 3.45. The molecule has 1 aromatic carbocycles. The number of fused-ring (bicyclic) bond motifs is 1. The van der Waals surface area contributed by atoms with E-state index in [2.05, 4.69) is 21.7 Å². The first kappa shape index (κ1) is 19.3. The van der Waals surface area contributed by atoms with Gasteiger partial charge in [-0.05, 0) is 43.4 Å². The number of amides is 2. The summed E-state index contributed by atoms with van der Waals surface area (Å²) in [6.07, 6.45) is 1.55. The minimum atomic E-state index is -0.486. The van der Waals surface area contributed by atoms with Crippen LogP contribution in [-0.2, 0) is 9.59 Å². The van der Waals surface area contributed by atoms with Crippen LogP contribution in [0.4, 0.5) is 5.13 Å². The molecule has 25 heavy (non-hydrogen) atoms. The topological polar surface area (TPSA) is 97.1 Å². The summed E-state index contributed by atoms with van der Waals surface area (Å²) in [5.74, 6) is 0.122. The van der Waals surface area contributed by atoms with Crippen LogP contribution in [0.25, 0.3) is 10.2 Å². The molecule has 1 heterocycles. The summed E-state index contributed by atoms with van der Waals surface area (Å²) in [6.45, 7) is 6.53. The Labute approximate surface area is 152 Å². The second-order valence-corrected chi connectivity index (χ2v) is 7.70. The summed E-state index contributed by atoms with van der Waals surface area (Å²) < 4.78 is 1.06. The summed E-state index contributed by atoms with van der Waals surface area (Å²) >= 11 is 1.46. The van der Waals surface area contributed by atoms with E-state index in [-0.39, 0.29) is 11.8 Å². The van der Waals surface area contributed by atoms with Crippen molar-refractivity contribution in [3.05, 3.63) is 23.8 Å². The van der Waals surface area contributed by atoms with E-state index in [4.69, 9.17) is 5.73 Å². The molecule has 7 heteroatoms. The van der Waals surface area contributed by atoms with E-state index in [0.717, 1.165) is 10.2 Å². The number of hydrogen-bond acceptors (Lipinski definition) is 5. The molecule has 0 unspecified atom stereocenters. The number of carbonyl (C=O) groups is 2. The second-order valence-electron chi connectivity index (χ2n) is 6.67. The van der Waals surface area contributed by atoms with Gasteiger partial charge in [-0.25, -0.2) is 4.98 Å². The number of benzene rings is 1. The summed E-state index contributed by atoms with van der Waals surface area (Å²) in [7, 11) is 0. The average molecular weight is 362 g/mol. The summed E-state index contributed by atoms with van der Waals surface area (Å²) in [5.41, 5.74) is 7.87. The SMILES string of the molecule is Cc1ccc2nc(NC(=O)CCCNC(=O)[C@@H](N)CC(C)C)sc2c1. The van der Waals surface area contributed by atoms with E-state index in [1.807, 2.05) is 32.9 Å². The van der Waals surface area contributed by atoms with Crippen molar-refractivity contribution in [2.45, 2.75) is 46.1 Å². The number of aryl methyl sites for hydroxylation is 1. The molecule has 0 aliphatic rings. The van der Waals surface area contributed by atoms with Crippen molar-refractivity contribution in [2.24, 2.45) is 11.7 Å². The van der Waals surface area contributed by atoms with Gasteiger partial charge in [-0.2, -0.15) is 0 Å². The molecule has 2 amide bonds. The van der Waals surface area contributed by atoms with Crippen molar-refractivity contribution in [1.29, 1.82) is 0 Å². The molecule has 1 atom stereocenters. The fourth-order valence-electron chi connectivity index (χ4n) is 2.47. The molecule has 0 fully saturated rings. The van der Waals surface area contributed by atoms with Crippen LogP contribution in [-0.4, -0.2) is 29.4 Å². The van der Waals surface area contributed by atoms with Gasteiger partial charge >= 0.3 is 0 Å². The Morgan fingerprint density at radius 2 is 2.08 bits per heavy atom. The molecule has 4 N–H and O–H groups in total. The predicted molar refractivity (Wildman–Crippen MR) is 103 cm³/mol. The lowest BCUT2D eigenvalue weighted by atomic mass is 10.0. The van der Waals surface area contributed by atoms with Gasteiger partial charge in [-0.3, -0.25) is 9.59 Å². The van der Waals surface area contributed by atoms with Crippen molar-refractivity contribution in [3.8, 4) is 0 Å². The molecule has 0 aliphatic heterocycles. The Morgan fingerprint density at radius 3 is 2.80 bits per heavy atom. The third-order valence-corrected chi connectivity index (χ3v) is 4.67. The van der Waals surface area contributed by atoms with E-state index in [0.29, 0.717) is 36.9 Å². The van der Waals surface area contributed by atoms with Gasteiger partial charge in [0, 0.05) is 13.0 Å². The average Bonchev–Trinajstić information content (AvgIpc) is 2.91. The van der Waals surface area contributed by atoms with Gasteiger partial charge in [0.25, 0.3) is 0 Å². The zero-order valence-electron chi connectivity index (χ0n) is 15.0. The highest BCUT2D eigenvalue weighted by Gasteiger charge is 2.14. The molecule has 0 saturated heterocycles. The second kappa shape index (κ2) is 8.92. The van der Waals surface area contributed by atoms with Gasteiger partial charge < -0.3 is 16.4 Å². The van der Waals surface area contributed by atoms with Crippen molar-refractivity contribution in [1.82, 2.24) is 10.3 Å². The number of nitrogens with two attached hydrogens (primary N) is 1. The standard InChI is InChI=1S/C18H26N4O2S/c1-11(2)9-13(19)17(24)20-8-4-5-16(23)22-18-21-14-7-6-12(3)10-15(14)25-18/h6-7,10-11,13H,4-5,8-9,19H2,1-3H3,(H,20,24)(H,21,22,23)/t13-/m0/s1. The van der Waals surface area contributed by atoms with Crippen molar-refractivity contribution < 1.29 is 9.59 Å². The first-order chi connectivity index (χ1) is 11.8. The highest BCUT2D eigenvalue weighted by molar-refractivity contribution is 7.22. The molecular formula is C18H26N4O2S. The zero-order chi connectivity index (χ0) is 18.4.